The molecular formula is C12H22O2. The fraction of sp³-hybridized carbons (Fsp3) is 0.917. The summed E-state index contributed by atoms with van der Waals surface area (Å²) in [6, 6.07) is 0. The van der Waals surface area contributed by atoms with E-state index in [1.165, 1.54) is 0 Å². The summed E-state index contributed by atoms with van der Waals surface area (Å²) in [6.45, 7) is 8.55. The van der Waals surface area contributed by atoms with E-state index in [-0.39, 0.29) is 11.2 Å². The highest BCUT2D eigenvalue weighted by atomic mass is 16.5. The van der Waals surface area contributed by atoms with E-state index >= 15 is 0 Å². The summed E-state index contributed by atoms with van der Waals surface area (Å²) in [5, 5.41) is 0. The first-order valence-electron chi connectivity index (χ1n) is 5.61. The van der Waals surface area contributed by atoms with Crippen molar-refractivity contribution >= 4 is 5.78 Å². The van der Waals surface area contributed by atoms with Crippen LogP contribution in [0.25, 0.3) is 0 Å². The van der Waals surface area contributed by atoms with Crippen LogP contribution in [0.2, 0.25) is 0 Å². The lowest BCUT2D eigenvalue weighted by Crippen LogP contribution is -2.45. The molecule has 0 atom stereocenters. The second kappa shape index (κ2) is 4.01. The van der Waals surface area contributed by atoms with Crippen molar-refractivity contribution in [3.05, 3.63) is 0 Å². The van der Waals surface area contributed by atoms with Crippen molar-refractivity contribution in [3.8, 4) is 0 Å². The molecule has 0 aromatic carbocycles. The number of hydrogen-bond acceptors (Lipinski definition) is 2. The van der Waals surface area contributed by atoms with E-state index < -0.39 is 5.60 Å². The Morgan fingerprint density at radius 2 is 1.79 bits per heavy atom. The fourth-order valence-corrected chi connectivity index (χ4v) is 2.34. The van der Waals surface area contributed by atoms with Gasteiger partial charge < -0.3 is 4.74 Å². The highest BCUT2D eigenvalue weighted by molar-refractivity contribution is 5.92. The second-order valence-electron chi connectivity index (χ2n) is 5.21. The molecule has 1 rings (SSSR count). The molecule has 0 radical (unpaired) electrons. The molecule has 0 saturated heterocycles. The van der Waals surface area contributed by atoms with Crippen molar-refractivity contribution in [1.82, 2.24) is 0 Å². The van der Waals surface area contributed by atoms with Gasteiger partial charge in [0.2, 0.25) is 0 Å². The van der Waals surface area contributed by atoms with E-state index in [0.29, 0.717) is 6.61 Å². The van der Waals surface area contributed by atoms with Gasteiger partial charge in [-0.25, -0.2) is 0 Å². The summed E-state index contributed by atoms with van der Waals surface area (Å²) in [7, 11) is 0. The second-order valence-corrected chi connectivity index (χ2v) is 5.21. The zero-order chi connectivity index (χ0) is 10.8. The molecule has 0 bridgehead atoms. The van der Waals surface area contributed by atoms with Crippen LogP contribution in [0.5, 0.6) is 0 Å². The van der Waals surface area contributed by atoms with Crippen LogP contribution in [0.3, 0.4) is 0 Å². The Labute approximate surface area is 87.0 Å². The van der Waals surface area contributed by atoms with Gasteiger partial charge in [0.15, 0.2) is 5.78 Å². The zero-order valence-electron chi connectivity index (χ0n) is 9.85. The van der Waals surface area contributed by atoms with Gasteiger partial charge in [-0.05, 0) is 32.6 Å². The highest BCUT2D eigenvalue weighted by Gasteiger charge is 2.46. The molecule has 0 spiro atoms. The van der Waals surface area contributed by atoms with Crippen LogP contribution in [0.4, 0.5) is 0 Å². The Morgan fingerprint density at radius 1 is 1.29 bits per heavy atom. The molecular weight excluding hydrogens is 176 g/mol. The maximum atomic E-state index is 12.3. The van der Waals surface area contributed by atoms with Crippen LogP contribution < -0.4 is 0 Å². The summed E-state index contributed by atoms with van der Waals surface area (Å²) in [5.41, 5.74) is -0.730. The smallest absolute Gasteiger partial charge is 0.169 e. The molecule has 82 valence electrons. The largest absolute Gasteiger partial charge is 0.367 e. The number of ether oxygens (including phenoxy) is 1. The van der Waals surface area contributed by atoms with E-state index in [2.05, 4.69) is 0 Å². The lowest BCUT2D eigenvalue weighted by Gasteiger charge is -2.33. The number of rotatable bonds is 3. The molecule has 1 aliphatic carbocycles. The SMILES string of the molecule is CCOC1(C(=O)C(C)(C)C)CCCC1. The van der Waals surface area contributed by atoms with E-state index in [4.69, 9.17) is 4.74 Å². The van der Waals surface area contributed by atoms with Gasteiger partial charge in [0, 0.05) is 12.0 Å². The van der Waals surface area contributed by atoms with Gasteiger partial charge in [-0.15, -0.1) is 0 Å². The van der Waals surface area contributed by atoms with Crippen molar-refractivity contribution in [2.45, 2.75) is 59.0 Å². The molecule has 14 heavy (non-hydrogen) atoms. The minimum absolute atomic E-state index is 0.278. The van der Waals surface area contributed by atoms with Crippen LogP contribution in [-0.2, 0) is 9.53 Å². The van der Waals surface area contributed by atoms with Gasteiger partial charge in [-0.3, -0.25) is 4.79 Å². The van der Waals surface area contributed by atoms with Gasteiger partial charge in [-0.1, -0.05) is 20.8 Å². The number of carbonyl (C=O) groups excluding carboxylic acids is 1. The van der Waals surface area contributed by atoms with Crippen LogP contribution >= 0.6 is 0 Å². The average Bonchev–Trinajstić information content (AvgIpc) is 2.52. The maximum Gasteiger partial charge on any atom is 0.169 e. The van der Waals surface area contributed by atoms with Gasteiger partial charge in [0.25, 0.3) is 0 Å². The Kier molecular flexibility index (Phi) is 3.36. The molecule has 0 heterocycles. The average molecular weight is 198 g/mol. The third-order valence-electron chi connectivity index (χ3n) is 2.93. The lowest BCUT2D eigenvalue weighted by atomic mass is 9.79. The molecule has 0 aromatic heterocycles. The summed E-state index contributed by atoms with van der Waals surface area (Å²) in [6.07, 6.45) is 4.08. The van der Waals surface area contributed by atoms with Gasteiger partial charge >= 0.3 is 0 Å². The van der Waals surface area contributed by atoms with E-state index in [1.54, 1.807) is 0 Å². The van der Waals surface area contributed by atoms with Gasteiger partial charge in [0.1, 0.15) is 5.60 Å². The normalized spacial score (nSPS) is 21.1. The molecule has 1 fully saturated rings. The van der Waals surface area contributed by atoms with Crippen molar-refractivity contribution in [1.29, 1.82) is 0 Å². The quantitative estimate of drug-likeness (QED) is 0.697. The van der Waals surface area contributed by atoms with E-state index in [0.717, 1.165) is 25.7 Å². The van der Waals surface area contributed by atoms with Crippen LogP contribution in [-0.4, -0.2) is 18.0 Å². The van der Waals surface area contributed by atoms with Crippen molar-refractivity contribution < 1.29 is 9.53 Å². The fourth-order valence-electron chi connectivity index (χ4n) is 2.34. The predicted octanol–water partition coefficient (Wildman–Crippen LogP) is 2.95. The molecule has 0 unspecified atom stereocenters. The van der Waals surface area contributed by atoms with Crippen LogP contribution in [0.1, 0.15) is 53.4 Å². The zero-order valence-corrected chi connectivity index (χ0v) is 9.85. The third kappa shape index (κ3) is 2.17. The molecule has 0 aliphatic heterocycles. The summed E-state index contributed by atoms with van der Waals surface area (Å²) < 4.78 is 5.73. The van der Waals surface area contributed by atoms with Crippen molar-refractivity contribution in [2.24, 2.45) is 5.41 Å². The van der Waals surface area contributed by atoms with E-state index in [9.17, 15) is 4.79 Å². The number of Topliss-reactive ketones (excluding diaryl/α,β-unsaturated/α-hetero) is 1. The number of hydrogen-bond donors (Lipinski definition) is 0. The molecule has 0 N–H and O–H groups in total. The standard InChI is InChI=1S/C12H22O2/c1-5-14-12(8-6-7-9-12)10(13)11(2,3)4/h5-9H2,1-4H3. The monoisotopic (exact) mass is 198 g/mol. The summed E-state index contributed by atoms with van der Waals surface area (Å²) >= 11 is 0. The maximum absolute atomic E-state index is 12.3. The Balaban J connectivity index is 2.82. The summed E-state index contributed by atoms with van der Waals surface area (Å²) in [4.78, 5) is 12.3. The van der Waals surface area contributed by atoms with Gasteiger partial charge in [-0.2, -0.15) is 0 Å². The first-order chi connectivity index (χ1) is 6.42. The summed E-state index contributed by atoms with van der Waals surface area (Å²) in [5.74, 6) is 0.282. The van der Waals surface area contributed by atoms with Crippen molar-refractivity contribution in [3.63, 3.8) is 0 Å². The molecule has 0 amide bonds. The Bertz CT molecular complexity index is 207. The molecule has 2 nitrogen and oxygen atoms in total. The predicted molar refractivity (Wildman–Crippen MR) is 57.3 cm³/mol. The minimum atomic E-state index is -0.451. The molecule has 1 saturated carbocycles. The topological polar surface area (TPSA) is 26.3 Å². The molecule has 2 heteroatoms. The third-order valence-corrected chi connectivity index (χ3v) is 2.93. The Morgan fingerprint density at radius 3 is 2.14 bits per heavy atom. The molecule has 0 aromatic rings. The minimum Gasteiger partial charge on any atom is -0.367 e. The Hall–Kier alpha value is -0.370. The highest BCUT2D eigenvalue weighted by Crippen LogP contribution is 2.39. The first kappa shape index (κ1) is 11.7. The van der Waals surface area contributed by atoms with Gasteiger partial charge in [0.05, 0.1) is 0 Å². The van der Waals surface area contributed by atoms with Crippen molar-refractivity contribution in [2.75, 3.05) is 6.61 Å². The lowest BCUT2D eigenvalue weighted by molar-refractivity contribution is -0.151. The molecule has 1 aliphatic rings. The van der Waals surface area contributed by atoms with Crippen LogP contribution in [0.15, 0.2) is 0 Å². The number of ketones is 1. The van der Waals surface area contributed by atoms with Crippen LogP contribution in [0, 0.1) is 5.41 Å². The first-order valence-corrected chi connectivity index (χ1v) is 5.61. The van der Waals surface area contributed by atoms with E-state index in [1.807, 2.05) is 27.7 Å². The number of carbonyl (C=O) groups is 1.